The topological polar surface area (TPSA) is 4.36 Å². The third-order valence-electron chi connectivity index (χ3n) is 0.546. The molecule has 1 heteroatoms. The van der Waals surface area contributed by atoms with Crippen LogP contribution in [0.25, 0.3) is 4.85 Å². The molecular formula is C6H9N. The van der Waals surface area contributed by atoms with E-state index in [4.69, 9.17) is 6.57 Å². The Morgan fingerprint density at radius 3 is 2.29 bits per heavy atom. The summed E-state index contributed by atoms with van der Waals surface area (Å²) in [5, 5.41) is 0. The van der Waals surface area contributed by atoms with Crippen molar-refractivity contribution in [1.82, 2.24) is 0 Å². The van der Waals surface area contributed by atoms with Gasteiger partial charge in [0.2, 0.25) is 0 Å². The van der Waals surface area contributed by atoms with Crippen LogP contribution in [0, 0.1) is 12.5 Å². The van der Waals surface area contributed by atoms with Crippen LogP contribution < -0.4 is 0 Å². The van der Waals surface area contributed by atoms with Crippen molar-refractivity contribution < 1.29 is 0 Å². The number of nitrogens with zero attached hydrogens (tertiary/aromatic N) is 1. The first-order valence-corrected chi connectivity index (χ1v) is 2.30. The van der Waals surface area contributed by atoms with E-state index in [1.54, 1.807) is 0 Å². The van der Waals surface area contributed by atoms with Crippen LogP contribution >= 0.6 is 0 Å². The molecule has 0 bridgehead atoms. The van der Waals surface area contributed by atoms with E-state index < -0.39 is 0 Å². The zero-order valence-corrected chi connectivity index (χ0v) is 4.68. The van der Waals surface area contributed by atoms with Crippen LogP contribution in [0.15, 0.2) is 12.3 Å². The molecule has 0 aromatic carbocycles. The standard InChI is InChI=1S/C6H9N/c1-6(2)4-5-7-3/h4-6H,1-2H3/b5-4-. The van der Waals surface area contributed by atoms with Crippen molar-refractivity contribution in [3.63, 3.8) is 0 Å². The molecule has 0 atom stereocenters. The van der Waals surface area contributed by atoms with Gasteiger partial charge in [-0.25, -0.2) is 4.85 Å². The lowest BCUT2D eigenvalue weighted by molar-refractivity contribution is 0.832. The lowest BCUT2D eigenvalue weighted by atomic mass is 10.2. The van der Waals surface area contributed by atoms with Crippen molar-refractivity contribution >= 4 is 0 Å². The number of hydrogen-bond donors (Lipinski definition) is 0. The second-order valence-corrected chi connectivity index (χ2v) is 1.71. The Hall–Kier alpha value is -0.770. The summed E-state index contributed by atoms with van der Waals surface area (Å²) < 4.78 is 0. The fourth-order valence-corrected chi connectivity index (χ4v) is 0.215. The third kappa shape index (κ3) is 5.23. The van der Waals surface area contributed by atoms with Gasteiger partial charge in [-0.05, 0) is 5.92 Å². The molecule has 0 N–H and O–H groups in total. The van der Waals surface area contributed by atoms with E-state index in [0.29, 0.717) is 5.92 Å². The average Bonchev–Trinajstić information content (AvgIpc) is 1.61. The van der Waals surface area contributed by atoms with Crippen molar-refractivity contribution in [2.24, 2.45) is 5.92 Å². The van der Waals surface area contributed by atoms with Crippen molar-refractivity contribution in [2.75, 3.05) is 0 Å². The van der Waals surface area contributed by atoms with E-state index in [-0.39, 0.29) is 0 Å². The van der Waals surface area contributed by atoms with Crippen LogP contribution in [0.3, 0.4) is 0 Å². The summed E-state index contributed by atoms with van der Waals surface area (Å²) in [4.78, 5) is 3.05. The van der Waals surface area contributed by atoms with Crippen LogP contribution in [-0.2, 0) is 0 Å². The molecule has 0 saturated carbocycles. The maximum Gasteiger partial charge on any atom is 0.150 e. The van der Waals surface area contributed by atoms with E-state index in [1.807, 2.05) is 19.9 Å². The highest BCUT2D eigenvalue weighted by Crippen LogP contribution is 1.91. The third-order valence-corrected chi connectivity index (χ3v) is 0.546. The van der Waals surface area contributed by atoms with Gasteiger partial charge in [-0.15, -0.1) is 0 Å². The minimum Gasteiger partial charge on any atom is -0.246 e. The highest BCUT2D eigenvalue weighted by molar-refractivity contribution is 4.90. The SMILES string of the molecule is [C-]#[N+]/C=C\C(C)C. The van der Waals surface area contributed by atoms with E-state index in [0.717, 1.165) is 0 Å². The maximum atomic E-state index is 6.33. The second kappa shape index (κ2) is 3.42. The molecule has 0 aliphatic rings. The summed E-state index contributed by atoms with van der Waals surface area (Å²) in [6.07, 6.45) is 3.36. The minimum absolute atomic E-state index is 0.508. The lowest BCUT2D eigenvalue weighted by Crippen LogP contribution is -1.73. The fourth-order valence-electron chi connectivity index (χ4n) is 0.215. The zero-order valence-electron chi connectivity index (χ0n) is 4.68. The molecule has 38 valence electrons. The van der Waals surface area contributed by atoms with Crippen molar-refractivity contribution in [3.8, 4) is 0 Å². The molecule has 0 aliphatic carbocycles. The first-order chi connectivity index (χ1) is 3.27. The molecule has 0 aromatic rings. The monoisotopic (exact) mass is 95.1 g/mol. The number of allylic oxidation sites excluding steroid dienone is 1. The van der Waals surface area contributed by atoms with Gasteiger partial charge in [0.05, 0.1) is 6.57 Å². The molecule has 0 fully saturated rings. The molecule has 0 saturated heterocycles. The molecule has 0 aromatic heterocycles. The van der Waals surface area contributed by atoms with Crippen LogP contribution in [0.1, 0.15) is 13.8 Å². The largest absolute Gasteiger partial charge is 0.246 e. The molecule has 7 heavy (non-hydrogen) atoms. The van der Waals surface area contributed by atoms with Crippen LogP contribution in [0.5, 0.6) is 0 Å². The van der Waals surface area contributed by atoms with Gasteiger partial charge in [-0.2, -0.15) is 0 Å². The first kappa shape index (κ1) is 6.23. The van der Waals surface area contributed by atoms with Gasteiger partial charge in [0.25, 0.3) is 0 Å². The normalized spacial score (nSPS) is 10.0. The summed E-state index contributed by atoms with van der Waals surface area (Å²) >= 11 is 0. The van der Waals surface area contributed by atoms with Gasteiger partial charge in [0.15, 0.2) is 6.20 Å². The summed E-state index contributed by atoms with van der Waals surface area (Å²) in [5.41, 5.74) is 0. The van der Waals surface area contributed by atoms with E-state index in [9.17, 15) is 0 Å². The molecule has 0 unspecified atom stereocenters. The summed E-state index contributed by atoms with van der Waals surface area (Å²) in [6, 6.07) is 0. The average molecular weight is 95.1 g/mol. The van der Waals surface area contributed by atoms with Crippen molar-refractivity contribution in [1.29, 1.82) is 0 Å². The molecule has 1 nitrogen and oxygen atoms in total. The van der Waals surface area contributed by atoms with E-state index in [2.05, 4.69) is 4.85 Å². The maximum absolute atomic E-state index is 6.33. The van der Waals surface area contributed by atoms with Gasteiger partial charge in [0, 0.05) is 0 Å². The van der Waals surface area contributed by atoms with Gasteiger partial charge >= 0.3 is 0 Å². The number of hydrogen-bond acceptors (Lipinski definition) is 0. The fraction of sp³-hybridized carbons (Fsp3) is 0.500. The van der Waals surface area contributed by atoms with Crippen LogP contribution in [0.4, 0.5) is 0 Å². The lowest BCUT2D eigenvalue weighted by Gasteiger charge is -1.86. The predicted octanol–water partition coefficient (Wildman–Crippen LogP) is 2.08. The van der Waals surface area contributed by atoms with Crippen LogP contribution in [0.2, 0.25) is 0 Å². The Morgan fingerprint density at radius 2 is 2.14 bits per heavy atom. The first-order valence-electron chi connectivity index (χ1n) is 2.30. The molecule has 0 rings (SSSR count). The van der Waals surface area contributed by atoms with Crippen molar-refractivity contribution in [2.45, 2.75) is 13.8 Å². The van der Waals surface area contributed by atoms with E-state index in [1.165, 1.54) is 6.20 Å². The Balaban J connectivity index is 3.31. The Labute approximate surface area is 44.5 Å². The van der Waals surface area contributed by atoms with Gasteiger partial charge in [0.1, 0.15) is 0 Å². The van der Waals surface area contributed by atoms with Crippen LogP contribution in [-0.4, -0.2) is 0 Å². The summed E-state index contributed by atoms with van der Waals surface area (Å²) in [7, 11) is 0. The Bertz CT molecular complexity index is 95.2. The highest BCUT2D eigenvalue weighted by Gasteiger charge is 1.77. The molecule has 0 radical (unpaired) electrons. The number of rotatable bonds is 1. The summed E-state index contributed by atoms with van der Waals surface area (Å²) in [5.74, 6) is 0.508. The Morgan fingerprint density at radius 1 is 1.57 bits per heavy atom. The molecular weight excluding hydrogens is 86.1 g/mol. The van der Waals surface area contributed by atoms with Gasteiger partial charge in [-0.3, -0.25) is 0 Å². The quantitative estimate of drug-likeness (QED) is 0.439. The molecule has 0 amide bonds. The molecule has 0 spiro atoms. The zero-order chi connectivity index (χ0) is 5.70. The molecule has 0 aliphatic heterocycles. The van der Waals surface area contributed by atoms with Gasteiger partial charge < -0.3 is 0 Å². The summed E-state index contributed by atoms with van der Waals surface area (Å²) in [6.45, 7) is 10.4. The highest BCUT2D eigenvalue weighted by atomic mass is 14.6. The van der Waals surface area contributed by atoms with Gasteiger partial charge in [-0.1, -0.05) is 19.9 Å². The van der Waals surface area contributed by atoms with E-state index >= 15 is 0 Å². The predicted molar refractivity (Wildman–Crippen MR) is 30.6 cm³/mol. The van der Waals surface area contributed by atoms with Crippen molar-refractivity contribution in [3.05, 3.63) is 23.7 Å². The second-order valence-electron chi connectivity index (χ2n) is 1.71. The Kier molecular flexibility index (Phi) is 3.04. The minimum atomic E-state index is 0.508. The smallest absolute Gasteiger partial charge is 0.150 e. The molecule has 0 heterocycles.